The lowest BCUT2D eigenvalue weighted by Crippen LogP contribution is -2.37. The molecule has 0 bridgehead atoms. The maximum Gasteiger partial charge on any atom is 0.254 e. The van der Waals surface area contributed by atoms with Crippen molar-refractivity contribution in [2.75, 3.05) is 5.73 Å². The number of hydrogen-bond donors (Lipinski definition) is 2. The molecule has 0 aliphatic heterocycles. The standard InChI is InChI=1S/C16H19ClN4O2/c1-9(2)19-15(22)8-21-10(3)20-14(7-16(21)23)12-5-4-11(17)6-13(12)18/h4-7,9H,8,18H2,1-3H3,(H,19,22). The molecule has 0 atom stereocenters. The number of hydrogen-bond acceptors (Lipinski definition) is 4. The summed E-state index contributed by atoms with van der Waals surface area (Å²) in [4.78, 5) is 28.5. The van der Waals surface area contributed by atoms with Crippen LogP contribution in [0, 0.1) is 6.92 Å². The second kappa shape index (κ2) is 6.83. The van der Waals surface area contributed by atoms with E-state index in [0.717, 1.165) is 0 Å². The number of nitrogens with one attached hydrogen (secondary N) is 1. The quantitative estimate of drug-likeness (QED) is 0.836. The Kier molecular flexibility index (Phi) is 5.05. The molecule has 0 radical (unpaired) electrons. The maximum absolute atomic E-state index is 12.3. The van der Waals surface area contributed by atoms with Crippen molar-refractivity contribution in [2.45, 2.75) is 33.4 Å². The van der Waals surface area contributed by atoms with E-state index in [1.165, 1.54) is 10.6 Å². The second-order valence-corrected chi connectivity index (χ2v) is 6.00. The molecule has 0 saturated carbocycles. The van der Waals surface area contributed by atoms with Crippen LogP contribution >= 0.6 is 11.6 Å². The summed E-state index contributed by atoms with van der Waals surface area (Å²) in [5, 5.41) is 3.26. The zero-order chi connectivity index (χ0) is 17.1. The van der Waals surface area contributed by atoms with Crippen LogP contribution in [-0.2, 0) is 11.3 Å². The van der Waals surface area contributed by atoms with Crippen molar-refractivity contribution in [3.63, 3.8) is 0 Å². The zero-order valence-electron chi connectivity index (χ0n) is 13.3. The van der Waals surface area contributed by atoms with Crippen LogP contribution in [-0.4, -0.2) is 21.5 Å². The molecule has 2 rings (SSSR count). The van der Waals surface area contributed by atoms with E-state index in [9.17, 15) is 9.59 Å². The van der Waals surface area contributed by atoms with E-state index < -0.39 is 0 Å². The van der Waals surface area contributed by atoms with E-state index in [4.69, 9.17) is 17.3 Å². The van der Waals surface area contributed by atoms with Crippen molar-refractivity contribution in [2.24, 2.45) is 0 Å². The third-order valence-electron chi connectivity index (χ3n) is 3.24. The van der Waals surface area contributed by atoms with Crippen molar-refractivity contribution in [1.29, 1.82) is 0 Å². The van der Waals surface area contributed by atoms with Gasteiger partial charge in [-0.2, -0.15) is 0 Å². The average Bonchev–Trinajstić information content (AvgIpc) is 2.41. The summed E-state index contributed by atoms with van der Waals surface area (Å²) in [6.07, 6.45) is 0. The first-order valence-corrected chi connectivity index (χ1v) is 7.59. The van der Waals surface area contributed by atoms with Gasteiger partial charge in [0.1, 0.15) is 12.4 Å². The number of aryl methyl sites for hydroxylation is 1. The number of nitrogens with zero attached hydrogens (tertiary/aromatic N) is 2. The number of halogens is 1. The van der Waals surface area contributed by atoms with Crippen LogP contribution in [0.5, 0.6) is 0 Å². The van der Waals surface area contributed by atoms with E-state index in [1.54, 1.807) is 25.1 Å². The molecule has 1 heterocycles. The smallest absolute Gasteiger partial charge is 0.254 e. The van der Waals surface area contributed by atoms with Crippen LogP contribution < -0.4 is 16.6 Å². The zero-order valence-corrected chi connectivity index (χ0v) is 14.0. The summed E-state index contributed by atoms with van der Waals surface area (Å²) in [6.45, 7) is 5.34. The monoisotopic (exact) mass is 334 g/mol. The molecule has 23 heavy (non-hydrogen) atoms. The van der Waals surface area contributed by atoms with Gasteiger partial charge >= 0.3 is 0 Å². The largest absolute Gasteiger partial charge is 0.398 e. The molecule has 0 aliphatic carbocycles. The highest BCUT2D eigenvalue weighted by molar-refractivity contribution is 6.31. The Balaban J connectivity index is 2.37. The fourth-order valence-electron chi connectivity index (χ4n) is 2.23. The van der Waals surface area contributed by atoms with Crippen molar-refractivity contribution in [1.82, 2.24) is 14.9 Å². The molecule has 122 valence electrons. The second-order valence-electron chi connectivity index (χ2n) is 5.57. The Morgan fingerprint density at radius 3 is 2.65 bits per heavy atom. The lowest BCUT2D eigenvalue weighted by molar-refractivity contribution is -0.122. The van der Waals surface area contributed by atoms with Gasteiger partial charge in [-0.3, -0.25) is 14.2 Å². The number of nitrogen functional groups attached to an aromatic ring is 1. The van der Waals surface area contributed by atoms with Crippen molar-refractivity contribution in [3.8, 4) is 11.3 Å². The first-order chi connectivity index (χ1) is 10.8. The Morgan fingerprint density at radius 1 is 1.39 bits per heavy atom. The van der Waals surface area contributed by atoms with Crippen LogP contribution in [0.3, 0.4) is 0 Å². The maximum atomic E-state index is 12.3. The van der Waals surface area contributed by atoms with Gasteiger partial charge in [0, 0.05) is 28.4 Å². The van der Waals surface area contributed by atoms with E-state index in [1.807, 2.05) is 13.8 Å². The lowest BCUT2D eigenvalue weighted by Gasteiger charge is -2.13. The molecular formula is C16H19ClN4O2. The summed E-state index contributed by atoms with van der Waals surface area (Å²) >= 11 is 5.88. The van der Waals surface area contributed by atoms with Gasteiger partial charge in [0.2, 0.25) is 5.91 Å². The van der Waals surface area contributed by atoms with E-state index in [2.05, 4.69) is 10.3 Å². The summed E-state index contributed by atoms with van der Waals surface area (Å²) in [6, 6.07) is 6.39. The predicted octanol–water partition coefficient (Wildman–Crippen LogP) is 1.98. The minimum atomic E-state index is -0.305. The molecular weight excluding hydrogens is 316 g/mol. The van der Waals surface area contributed by atoms with Gasteiger partial charge in [0.15, 0.2) is 0 Å². The predicted molar refractivity (Wildman–Crippen MR) is 91.4 cm³/mol. The van der Waals surface area contributed by atoms with Crippen molar-refractivity contribution in [3.05, 3.63) is 45.5 Å². The van der Waals surface area contributed by atoms with Crippen LogP contribution in [0.25, 0.3) is 11.3 Å². The number of benzene rings is 1. The minimum Gasteiger partial charge on any atom is -0.398 e. The molecule has 2 aromatic rings. The molecule has 1 amide bonds. The van der Waals surface area contributed by atoms with E-state index in [-0.39, 0.29) is 24.1 Å². The normalized spacial score (nSPS) is 10.8. The highest BCUT2D eigenvalue weighted by Gasteiger charge is 2.12. The molecule has 3 N–H and O–H groups in total. The van der Waals surface area contributed by atoms with Crippen LogP contribution in [0.4, 0.5) is 5.69 Å². The van der Waals surface area contributed by atoms with Crippen LogP contribution in [0.15, 0.2) is 29.1 Å². The van der Waals surface area contributed by atoms with E-state index in [0.29, 0.717) is 27.8 Å². The molecule has 0 saturated heterocycles. The SMILES string of the molecule is Cc1nc(-c2ccc(Cl)cc2N)cc(=O)n1CC(=O)NC(C)C. The lowest BCUT2D eigenvalue weighted by atomic mass is 10.1. The summed E-state index contributed by atoms with van der Waals surface area (Å²) < 4.78 is 1.33. The molecule has 6 nitrogen and oxygen atoms in total. The van der Waals surface area contributed by atoms with Gasteiger partial charge in [-0.15, -0.1) is 0 Å². The Hall–Kier alpha value is -2.34. The molecule has 1 aromatic carbocycles. The topological polar surface area (TPSA) is 90.0 Å². The fourth-order valence-corrected chi connectivity index (χ4v) is 2.41. The number of rotatable bonds is 4. The Bertz CT molecular complexity index is 799. The number of carbonyl (C=O) groups excluding carboxylic acids is 1. The van der Waals surface area contributed by atoms with Gasteiger partial charge in [-0.05, 0) is 39.0 Å². The number of amides is 1. The first kappa shape index (κ1) is 17.0. The first-order valence-electron chi connectivity index (χ1n) is 7.21. The molecule has 1 aromatic heterocycles. The fraction of sp³-hybridized carbons (Fsp3) is 0.312. The molecule has 7 heteroatoms. The summed E-state index contributed by atoms with van der Waals surface area (Å²) in [5.74, 6) is 0.214. The van der Waals surface area contributed by atoms with Gasteiger partial charge in [-0.25, -0.2) is 4.98 Å². The van der Waals surface area contributed by atoms with Crippen LogP contribution in [0.1, 0.15) is 19.7 Å². The number of anilines is 1. The number of aromatic nitrogens is 2. The molecule has 0 fully saturated rings. The highest BCUT2D eigenvalue weighted by Crippen LogP contribution is 2.26. The van der Waals surface area contributed by atoms with Gasteiger partial charge in [0.05, 0.1) is 5.69 Å². The third-order valence-corrected chi connectivity index (χ3v) is 3.48. The minimum absolute atomic E-state index is 0.0135. The molecule has 0 unspecified atom stereocenters. The Morgan fingerprint density at radius 2 is 2.09 bits per heavy atom. The molecule has 0 aliphatic rings. The summed E-state index contributed by atoms with van der Waals surface area (Å²) in [5.41, 5.74) is 7.16. The Labute approximate surface area is 139 Å². The third kappa shape index (κ3) is 4.10. The average molecular weight is 335 g/mol. The summed E-state index contributed by atoms with van der Waals surface area (Å²) in [7, 11) is 0. The van der Waals surface area contributed by atoms with E-state index >= 15 is 0 Å². The molecule has 0 spiro atoms. The number of carbonyl (C=O) groups is 1. The van der Waals surface area contributed by atoms with Gasteiger partial charge in [-0.1, -0.05) is 11.6 Å². The van der Waals surface area contributed by atoms with Crippen LogP contribution in [0.2, 0.25) is 5.02 Å². The van der Waals surface area contributed by atoms with Crippen molar-refractivity contribution < 1.29 is 4.79 Å². The highest BCUT2D eigenvalue weighted by atomic mass is 35.5. The number of nitrogens with two attached hydrogens (primary N) is 1. The van der Waals surface area contributed by atoms with Gasteiger partial charge in [0.25, 0.3) is 5.56 Å². The van der Waals surface area contributed by atoms with Gasteiger partial charge < -0.3 is 11.1 Å². The van der Waals surface area contributed by atoms with Crippen molar-refractivity contribution >= 4 is 23.2 Å².